The Labute approximate surface area is 105 Å². The van der Waals surface area contributed by atoms with E-state index < -0.39 is 9.84 Å². The summed E-state index contributed by atoms with van der Waals surface area (Å²) in [6, 6.07) is 0. The molecule has 17 heavy (non-hydrogen) atoms. The van der Waals surface area contributed by atoms with Crippen LogP contribution in [0.15, 0.2) is 0 Å². The summed E-state index contributed by atoms with van der Waals surface area (Å²) < 4.78 is 22.5. The van der Waals surface area contributed by atoms with Crippen LogP contribution in [-0.2, 0) is 9.84 Å². The molecule has 0 aliphatic carbocycles. The second kappa shape index (κ2) is 5.85. The maximum atomic E-state index is 11.3. The topological polar surface area (TPSA) is 61.2 Å². The molecule has 0 spiro atoms. The molecular formula is C12H24N2O2S. The van der Waals surface area contributed by atoms with Gasteiger partial charge in [0.2, 0.25) is 0 Å². The first-order valence-corrected chi connectivity index (χ1v) is 8.25. The SMILES string of the molecule is CC(=N)N1CCC(CCCC(C)S(C)(=O)=O)C1. The molecule has 1 fully saturated rings. The molecule has 0 aromatic rings. The van der Waals surface area contributed by atoms with Crippen molar-refractivity contribution in [2.75, 3.05) is 19.3 Å². The molecule has 100 valence electrons. The quantitative estimate of drug-likeness (QED) is 0.607. The van der Waals surface area contributed by atoms with Crippen molar-refractivity contribution in [2.24, 2.45) is 5.92 Å². The van der Waals surface area contributed by atoms with Gasteiger partial charge in [0.25, 0.3) is 0 Å². The van der Waals surface area contributed by atoms with Crippen LogP contribution >= 0.6 is 0 Å². The Balaban J connectivity index is 2.23. The van der Waals surface area contributed by atoms with Crippen molar-refractivity contribution in [3.63, 3.8) is 0 Å². The first kappa shape index (κ1) is 14.5. The van der Waals surface area contributed by atoms with Crippen LogP contribution in [0.1, 0.15) is 39.5 Å². The van der Waals surface area contributed by atoms with Gasteiger partial charge in [-0.25, -0.2) is 8.42 Å². The fraction of sp³-hybridized carbons (Fsp3) is 0.917. The summed E-state index contributed by atoms with van der Waals surface area (Å²) in [5, 5.41) is 7.34. The lowest BCUT2D eigenvalue weighted by Crippen LogP contribution is -2.25. The van der Waals surface area contributed by atoms with Gasteiger partial charge in [0.1, 0.15) is 9.84 Å². The maximum absolute atomic E-state index is 11.3. The van der Waals surface area contributed by atoms with Crippen LogP contribution in [0.2, 0.25) is 0 Å². The van der Waals surface area contributed by atoms with Gasteiger partial charge in [-0.1, -0.05) is 6.42 Å². The minimum Gasteiger partial charge on any atom is -0.361 e. The Bertz CT molecular complexity index is 365. The highest BCUT2D eigenvalue weighted by molar-refractivity contribution is 7.91. The van der Waals surface area contributed by atoms with Crippen LogP contribution in [-0.4, -0.2) is 43.7 Å². The minimum atomic E-state index is -2.87. The zero-order chi connectivity index (χ0) is 13.1. The molecular weight excluding hydrogens is 236 g/mol. The molecule has 0 aromatic heterocycles. The zero-order valence-electron chi connectivity index (χ0n) is 11.1. The van der Waals surface area contributed by atoms with E-state index in [9.17, 15) is 8.42 Å². The Morgan fingerprint density at radius 2 is 2.18 bits per heavy atom. The van der Waals surface area contributed by atoms with Gasteiger partial charge in [-0.15, -0.1) is 0 Å². The molecule has 1 aliphatic rings. The van der Waals surface area contributed by atoms with E-state index in [1.165, 1.54) is 6.26 Å². The number of hydrogen-bond donors (Lipinski definition) is 1. The van der Waals surface area contributed by atoms with Crippen LogP contribution in [0.3, 0.4) is 0 Å². The minimum absolute atomic E-state index is 0.218. The van der Waals surface area contributed by atoms with Gasteiger partial charge >= 0.3 is 0 Å². The van der Waals surface area contributed by atoms with Gasteiger partial charge in [-0.3, -0.25) is 5.41 Å². The first-order chi connectivity index (χ1) is 7.80. The van der Waals surface area contributed by atoms with E-state index in [1.54, 1.807) is 6.92 Å². The molecule has 4 nitrogen and oxygen atoms in total. The van der Waals surface area contributed by atoms with Crippen molar-refractivity contribution in [3.05, 3.63) is 0 Å². The summed E-state index contributed by atoms with van der Waals surface area (Å²) in [6.07, 6.45) is 5.28. The molecule has 0 amide bonds. The Kier molecular flexibility index (Phi) is 4.98. The Hall–Kier alpha value is -0.580. The lowest BCUT2D eigenvalue weighted by Gasteiger charge is -2.16. The first-order valence-electron chi connectivity index (χ1n) is 6.29. The fourth-order valence-corrected chi connectivity index (χ4v) is 2.88. The summed E-state index contributed by atoms with van der Waals surface area (Å²) in [6.45, 7) is 5.58. The van der Waals surface area contributed by atoms with Gasteiger partial charge in [0.15, 0.2) is 0 Å². The highest BCUT2D eigenvalue weighted by Crippen LogP contribution is 2.22. The van der Waals surface area contributed by atoms with Gasteiger partial charge in [-0.2, -0.15) is 0 Å². The van der Waals surface area contributed by atoms with Gasteiger partial charge in [0, 0.05) is 19.3 Å². The van der Waals surface area contributed by atoms with Crippen LogP contribution < -0.4 is 0 Å². The third-order valence-electron chi connectivity index (χ3n) is 3.71. The Morgan fingerprint density at radius 1 is 1.53 bits per heavy atom. The van der Waals surface area contributed by atoms with E-state index >= 15 is 0 Å². The summed E-state index contributed by atoms with van der Waals surface area (Å²) >= 11 is 0. The van der Waals surface area contributed by atoms with Gasteiger partial charge in [-0.05, 0) is 39.0 Å². The molecule has 1 heterocycles. The van der Waals surface area contributed by atoms with Crippen molar-refractivity contribution >= 4 is 15.7 Å². The van der Waals surface area contributed by atoms with E-state index in [4.69, 9.17) is 5.41 Å². The second-order valence-electron chi connectivity index (χ2n) is 5.26. The average molecular weight is 260 g/mol. The van der Waals surface area contributed by atoms with E-state index in [2.05, 4.69) is 4.90 Å². The van der Waals surface area contributed by atoms with Crippen molar-refractivity contribution in [1.82, 2.24) is 4.90 Å². The highest BCUT2D eigenvalue weighted by atomic mass is 32.2. The predicted octanol–water partition coefficient (Wildman–Crippen LogP) is 1.91. The number of sulfone groups is 1. The molecule has 1 rings (SSSR count). The molecule has 5 heteroatoms. The summed E-state index contributed by atoms with van der Waals surface area (Å²) in [7, 11) is -2.87. The van der Waals surface area contributed by atoms with Crippen LogP contribution in [0.4, 0.5) is 0 Å². The van der Waals surface area contributed by atoms with Crippen LogP contribution in [0.5, 0.6) is 0 Å². The highest BCUT2D eigenvalue weighted by Gasteiger charge is 2.23. The molecule has 2 unspecified atom stereocenters. The van der Waals surface area contributed by atoms with E-state index in [1.807, 2.05) is 6.92 Å². The van der Waals surface area contributed by atoms with Crippen molar-refractivity contribution in [3.8, 4) is 0 Å². The van der Waals surface area contributed by atoms with Gasteiger partial charge < -0.3 is 4.90 Å². The van der Waals surface area contributed by atoms with E-state index in [0.29, 0.717) is 11.8 Å². The van der Waals surface area contributed by atoms with E-state index in [0.717, 1.165) is 38.8 Å². The number of likely N-dealkylation sites (tertiary alicyclic amines) is 1. The molecule has 2 atom stereocenters. The maximum Gasteiger partial charge on any atom is 0.150 e. The molecule has 1 saturated heterocycles. The summed E-state index contributed by atoms with van der Waals surface area (Å²) in [4.78, 5) is 2.10. The molecule has 1 N–H and O–H groups in total. The average Bonchev–Trinajstić information content (AvgIpc) is 2.64. The number of amidine groups is 1. The predicted molar refractivity (Wildman–Crippen MR) is 71.2 cm³/mol. The smallest absolute Gasteiger partial charge is 0.150 e. The molecule has 0 bridgehead atoms. The van der Waals surface area contributed by atoms with Gasteiger partial charge in [0.05, 0.1) is 11.1 Å². The van der Waals surface area contributed by atoms with Crippen molar-refractivity contribution < 1.29 is 8.42 Å². The van der Waals surface area contributed by atoms with Crippen molar-refractivity contribution in [1.29, 1.82) is 5.41 Å². The second-order valence-corrected chi connectivity index (χ2v) is 7.72. The van der Waals surface area contributed by atoms with E-state index in [-0.39, 0.29) is 5.25 Å². The lowest BCUT2D eigenvalue weighted by molar-refractivity contribution is 0.442. The number of nitrogens with one attached hydrogen (secondary N) is 1. The van der Waals surface area contributed by atoms with Crippen LogP contribution in [0.25, 0.3) is 0 Å². The number of nitrogens with zero attached hydrogens (tertiary/aromatic N) is 1. The fourth-order valence-electron chi connectivity index (χ4n) is 2.28. The molecule has 0 saturated carbocycles. The summed E-state index contributed by atoms with van der Waals surface area (Å²) in [5.74, 6) is 1.29. The normalized spacial score (nSPS) is 22.8. The monoisotopic (exact) mass is 260 g/mol. The van der Waals surface area contributed by atoms with Crippen LogP contribution in [0, 0.1) is 11.3 Å². The third kappa shape index (κ3) is 4.66. The van der Waals surface area contributed by atoms with Crippen molar-refractivity contribution in [2.45, 2.75) is 44.8 Å². The zero-order valence-corrected chi connectivity index (χ0v) is 11.9. The lowest BCUT2D eigenvalue weighted by atomic mass is 10.0. The Morgan fingerprint density at radius 3 is 2.65 bits per heavy atom. The number of rotatable bonds is 5. The standard InChI is InChI=1S/C12H24N2O2S/c1-10(17(3,15)16)5-4-6-12-7-8-14(9-12)11(2)13/h10,12-13H,4-9H2,1-3H3. The summed E-state index contributed by atoms with van der Waals surface area (Å²) in [5.41, 5.74) is 0. The number of hydrogen-bond acceptors (Lipinski definition) is 3. The largest absolute Gasteiger partial charge is 0.361 e. The molecule has 0 aromatic carbocycles. The molecule has 1 aliphatic heterocycles. The molecule has 0 radical (unpaired) electrons. The third-order valence-corrected chi connectivity index (χ3v) is 5.41.